The second-order valence-corrected chi connectivity index (χ2v) is 8.98. The fourth-order valence-electron chi connectivity index (χ4n) is 5.34. The van der Waals surface area contributed by atoms with E-state index < -0.39 is 0 Å². The highest BCUT2D eigenvalue weighted by atomic mass is 16.2. The molecule has 0 unspecified atom stereocenters. The first kappa shape index (κ1) is 20.1. The van der Waals surface area contributed by atoms with Gasteiger partial charge in [-0.1, -0.05) is 50.1 Å². The molecule has 0 radical (unpaired) electrons. The number of rotatable bonds is 4. The van der Waals surface area contributed by atoms with Gasteiger partial charge in [0.05, 0.1) is 18.2 Å². The predicted octanol–water partition coefficient (Wildman–Crippen LogP) is 3.70. The molecule has 4 rings (SSSR count). The summed E-state index contributed by atoms with van der Waals surface area (Å²) in [4.78, 5) is 18.3. The molecule has 0 spiro atoms. The van der Waals surface area contributed by atoms with Gasteiger partial charge in [-0.25, -0.2) is 0 Å². The molecule has 0 aliphatic carbocycles. The number of likely N-dealkylation sites (N-methyl/N-ethyl adjacent to an activating group) is 1. The van der Waals surface area contributed by atoms with Crippen molar-refractivity contribution in [2.75, 3.05) is 20.1 Å². The molecule has 0 saturated carbocycles. The molecule has 2 fully saturated rings. The van der Waals surface area contributed by atoms with Crippen LogP contribution in [0.2, 0.25) is 0 Å². The van der Waals surface area contributed by atoms with Crippen molar-refractivity contribution in [3.63, 3.8) is 0 Å². The van der Waals surface area contributed by atoms with E-state index in [1.165, 1.54) is 24.8 Å². The Balaban J connectivity index is 1.58. The molecule has 1 amide bonds. The minimum atomic E-state index is -0.0692. The van der Waals surface area contributed by atoms with Gasteiger partial charge in [-0.05, 0) is 45.0 Å². The zero-order chi connectivity index (χ0) is 20.4. The third kappa shape index (κ3) is 4.25. The van der Waals surface area contributed by atoms with Crippen LogP contribution in [0.3, 0.4) is 0 Å². The standard InChI is InChI=1S/C24H34N4O/c1-18(16-27-15-13-19(2)25-27)24(29)28-17-21(20-10-6-4-7-11-20)23-22(28)12-8-5-9-14-26(23)3/h4,6-7,10-11,13,15,18,21-23H,5,8-9,12,14,16-17H2,1-3H3/t18-,21+,22-,23+/m1/s1. The van der Waals surface area contributed by atoms with Crippen molar-refractivity contribution in [3.05, 3.63) is 53.9 Å². The van der Waals surface area contributed by atoms with E-state index in [2.05, 4.69) is 59.2 Å². The number of aryl methyl sites for hydroxylation is 1. The number of carbonyl (C=O) groups is 1. The summed E-state index contributed by atoms with van der Waals surface area (Å²) in [6, 6.07) is 13.5. The molecule has 156 valence electrons. The summed E-state index contributed by atoms with van der Waals surface area (Å²) in [5, 5.41) is 4.48. The van der Waals surface area contributed by atoms with Gasteiger partial charge in [0.2, 0.25) is 5.91 Å². The normalized spacial score (nSPS) is 26.6. The topological polar surface area (TPSA) is 41.4 Å². The Kier molecular flexibility index (Phi) is 6.04. The van der Waals surface area contributed by atoms with Crippen LogP contribution < -0.4 is 0 Å². The molecule has 1 aromatic carbocycles. The van der Waals surface area contributed by atoms with E-state index in [0.717, 1.165) is 25.2 Å². The molecule has 5 nitrogen and oxygen atoms in total. The van der Waals surface area contributed by atoms with E-state index in [0.29, 0.717) is 24.5 Å². The monoisotopic (exact) mass is 394 g/mol. The fraction of sp³-hybridized carbons (Fsp3) is 0.583. The van der Waals surface area contributed by atoms with Crippen molar-refractivity contribution >= 4 is 5.91 Å². The van der Waals surface area contributed by atoms with Crippen LogP contribution in [0.4, 0.5) is 0 Å². The first-order chi connectivity index (χ1) is 14.0. The zero-order valence-electron chi connectivity index (χ0n) is 18.0. The van der Waals surface area contributed by atoms with Gasteiger partial charge >= 0.3 is 0 Å². The maximum absolute atomic E-state index is 13.6. The molecule has 0 N–H and O–H groups in total. The van der Waals surface area contributed by atoms with Gasteiger partial charge in [0, 0.05) is 30.7 Å². The maximum Gasteiger partial charge on any atom is 0.227 e. The number of carbonyl (C=O) groups excluding carboxylic acids is 1. The number of likely N-dealkylation sites (tertiary alicyclic amines) is 2. The summed E-state index contributed by atoms with van der Waals surface area (Å²) in [6.07, 6.45) is 6.81. The Labute approximate surface area is 174 Å². The highest BCUT2D eigenvalue weighted by molar-refractivity contribution is 5.79. The molecule has 0 bridgehead atoms. The summed E-state index contributed by atoms with van der Waals surface area (Å²) in [5.41, 5.74) is 2.36. The molecule has 2 aromatic rings. The van der Waals surface area contributed by atoms with Crippen molar-refractivity contribution < 1.29 is 4.79 Å². The van der Waals surface area contributed by atoms with E-state index in [9.17, 15) is 4.79 Å². The largest absolute Gasteiger partial charge is 0.337 e. The minimum absolute atomic E-state index is 0.0692. The average molecular weight is 395 g/mol. The third-order valence-corrected chi connectivity index (χ3v) is 6.79. The van der Waals surface area contributed by atoms with Crippen LogP contribution in [0.25, 0.3) is 0 Å². The van der Waals surface area contributed by atoms with Crippen LogP contribution in [-0.4, -0.2) is 57.7 Å². The van der Waals surface area contributed by atoms with Gasteiger partial charge < -0.3 is 9.80 Å². The summed E-state index contributed by atoms with van der Waals surface area (Å²) < 4.78 is 1.91. The van der Waals surface area contributed by atoms with Crippen molar-refractivity contribution in [3.8, 4) is 0 Å². The maximum atomic E-state index is 13.6. The average Bonchev–Trinajstić information content (AvgIpc) is 3.29. The quantitative estimate of drug-likeness (QED) is 0.794. The van der Waals surface area contributed by atoms with Crippen molar-refractivity contribution in [2.45, 2.75) is 64.1 Å². The van der Waals surface area contributed by atoms with Crippen LogP contribution >= 0.6 is 0 Å². The number of aromatic nitrogens is 2. The van der Waals surface area contributed by atoms with E-state index in [-0.39, 0.29) is 11.8 Å². The second-order valence-electron chi connectivity index (χ2n) is 8.98. The highest BCUT2D eigenvalue weighted by Crippen LogP contribution is 2.39. The fourth-order valence-corrected chi connectivity index (χ4v) is 5.34. The summed E-state index contributed by atoms with van der Waals surface area (Å²) in [5.74, 6) is 0.591. The summed E-state index contributed by atoms with van der Waals surface area (Å²) in [6.45, 7) is 6.63. The van der Waals surface area contributed by atoms with Crippen LogP contribution in [0, 0.1) is 12.8 Å². The third-order valence-electron chi connectivity index (χ3n) is 6.79. The SMILES string of the molecule is Cc1ccn(C[C@@H](C)C(=O)N2C[C@@H](c3ccccc3)[C@H]3[C@H]2CCCCCN3C)n1. The second kappa shape index (κ2) is 8.70. The number of fused-ring (bicyclic) bond motifs is 1. The molecule has 3 heterocycles. The Morgan fingerprint density at radius 1 is 1.17 bits per heavy atom. The van der Waals surface area contributed by atoms with E-state index in [4.69, 9.17) is 0 Å². The zero-order valence-corrected chi connectivity index (χ0v) is 18.0. The smallest absolute Gasteiger partial charge is 0.227 e. The number of hydrogen-bond acceptors (Lipinski definition) is 3. The predicted molar refractivity (Wildman–Crippen MR) is 116 cm³/mol. The van der Waals surface area contributed by atoms with Gasteiger partial charge in [-0.15, -0.1) is 0 Å². The van der Waals surface area contributed by atoms with Gasteiger partial charge in [-0.3, -0.25) is 9.48 Å². The lowest BCUT2D eigenvalue weighted by Gasteiger charge is -2.37. The molecule has 2 aliphatic heterocycles. The summed E-state index contributed by atoms with van der Waals surface area (Å²) in [7, 11) is 2.25. The van der Waals surface area contributed by atoms with E-state index >= 15 is 0 Å². The van der Waals surface area contributed by atoms with Crippen LogP contribution in [0.1, 0.15) is 49.8 Å². The number of nitrogens with zero attached hydrogens (tertiary/aromatic N) is 4. The molecule has 5 heteroatoms. The molecule has 1 aromatic heterocycles. The Morgan fingerprint density at radius 2 is 1.97 bits per heavy atom. The first-order valence-corrected chi connectivity index (χ1v) is 11.1. The van der Waals surface area contributed by atoms with Crippen molar-refractivity contribution in [1.82, 2.24) is 19.6 Å². The molecular weight excluding hydrogens is 360 g/mol. The number of amides is 1. The number of hydrogen-bond donors (Lipinski definition) is 0. The lowest BCUT2D eigenvalue weighted by molar-refractivity contribution is -0.137. The Morgan fingerprint density at radius 3 is 2.69 bits per heavy atom. The summed E-state index contributed by atoms with van der Waals surface area (Å²) >= 11 is 0. The lowest BCUT2D eigenvalue weighted by atomic mass is 9.87. The molecule has 2 aliphatic rings. The van der Waals surface area contributed by atoms with Gasteiger partial charge in [-0.2, -0.15) is 5.10 Å². The van der Waals surface area contributed by atoms with Gasteiger partial charge in [0.25, 0.3) is 0 Å². The molecule has 29 heavy (non-hydrogen) atoms. The van der Waals surface area contributed by atoms with E-state index in [1.807, 2.05) is 23.9 Å². The van der Waals surface area contributed by atoms with E-state index in [1.54, 1.807) is 0 Å². The lowest BCUT2D eigenvalue weighted by Crippen LogP contribution is -2.49. The van der Waals surface area contributed by atoms with Crippen LogP contribution in [0.5, 0.6) is 0 Å². The van der Waals surface area contributed by atoms with Crippen LogP contribution in [0.15, 0.2) is 42.6 Å². The van der Waals surface area contributed by atoms with Gasteiger partial charge in [0.15, 0.2) is 0 Å². The molecular formula is C24H34N4O. The first-order valence-electron chi connectivity index (χ1n) is 11.1. The minimum Gasteiger partial charge on any atom is -0.337 e. The Bertz CT molecular complexity index is 817. The molecule has 4 atom stereocenters. The van der Waals surface area contributed by atoms with Crippen LogP contribution in [-0.2, 0) is 11.3 Å². The van der Waals surface area contributed by atoms with Crippen molar-refractivity contribution in [1.29, 1.82) is 0 Å². The molecule has 2 saturated heterocycles. The Hall–Kier alpha value is -2.14. The highest BCUT2D eigenvalue weighted by Gasteiger charge is 2.46. The van der Waals surface area contributed by atoms with Gasteiger partial charge in [0.1, 0.15) is 0 Å². The number of benzene rings is 1. The van der Waals surface area contributed by atoms with Crippen molar-refractivity contribution in [2.24, 2.45) is 5.92 Å².